The van der Waals surface area contributed by atoms with E-state index in [9.17, 15) is 0 Å². The summed E-state index contributed by atoms with van der Waals surface area (Å²) in [5, 5.41) is 5.20. The molecule has 1 aliphatic heterocycles. The SMILES string of the molecule is Cc1cc(CN2CCCC2c2nc3ccccc3s2)on1. The second-order valence-corrected chi connectivity index (χ2v) is 6.65. The van der Waals surface area contributed by atoms with Crippen LogP contribution in [0.2, 0.25) is 0 Å². The number of rotatable bonds is 3. The molecule has 3 heterocycles. The Balaban J connectivity index is 1.60. The number of para-hydroxylation sites is 1. The molecule has 1 saturated heterocycles. The minimum Gasteiger partial charge on any atom is -0.360 e. The number of benzene rings is 1. The van der Waals surface area contributed by atoms with Crippen molar-refractivity contribution in [1.29, 1.82) is 0 Å². The van der Waals surface area contributed by atoms with Crippen molar-refractivity contribution in [2.45, 2.75) is 32.4 Å². The number of likely N-dealkylation sites (tertiary alicyclic amines) is 1. The number of hydrogen-bond acceptors (Lipinski definition) is 5. The lowest BCUT2D eigenvalue weighted by atomic mass is 10.2. The van der Waals surface area contributed by atoms with E-state index >= 15 is 0 Å². The number of thiazole rings is 1. The van der Waals surface area contributed by atoms with Crippen molar-refractivity contribution < 1.29 is 4.52 Å². The molecular weight excluding hydrogens is 282 g/mol. The lowest BCUT2D eigenvalue weighted by molar-refractivity contribution is 0.216. The average molecular weight is 299 g/mol. The first-order valence-electron chi connectivity index (χ1n) is 7.31. The first-order chi connectivity index (χ1) is 10.3. The third-order valence-electron chi connectivity index (χ3n) is 3.99. The Morgan fingerprint density at radius 3 is 3.10 bits per heavy atom. The van der Waals surface area contributed by atoms with Gasteiger partial charge in [-0.3, -0.25) is 4.90 Å². The molecule has 0 bridgehead atoms. The Hall–Kier alpha value is -1.72. The van der Waals surface area contributed by atoms with Crippen molar-refractivity contribution in [3.8, 4) is 0 Å². The van der Waals surface area contributed by atoms with Gasteiger partial charge in [-0.05, 0) is 38.4 Å². The summed E-state index contributed by atoms with van der Waals surface area (Å²) < 4.78 is 6.63. The van der Waals surface area contributed by atoms with Crippen molar-refractivity contribution in [2.75, 3.05) is 6.54 Å². The molecule has 1 fully saturated rings. The van der Waals surface area contributed by atoms with Crippen LogP contribution in [0.5, 0.6) is 0 Å². The molecule has 3 aromatic rings. The molecule has 0 saturated carbocycles. The van der Waals surface area contributed by atoms with Crippen molar-refractivity contribution in [1.82, 2.24) is 15.0 Å². The van der Waals surface area contributed by atoms with Crippen LogP contribution in [-0.4, -0.2) is 21.6 Å². The lowest BCUT2D eigenvalue weighted by Crippen LogP contribution is -2.22. The summed E-state index contributed by atoms with van der Waals surface area (Å²) in [7, 11) is 0. The maximum Gasteiger partial charge on any atom is 0.150 e. The minimum atomic E-state index is 0.410. The Morgan fingerprint density at radius 2 is 2.29 bits per heavy atom. The van der Waals surface area contributed by atoms with Gasteiger partial charge in [-0.1, -0.05) is 17.3 Å². The summed E-state index contributed by atoms with van der Waals surface area (Å²) in [4.78, 5) is 7.28. The molecular formula is C16H17N3OS. The van der Waals surface area contributed by atoms with Gasteiger partial charge in [0.15, 0.2) is 5.76 Å². The van der Waals surface area contributed by atoms with Gasteiger partial charge in [0.2, 0.25) is 0 Å². The van der Waals surface area contributed by atoms with E-state index in [1.54, 1.807) is 0 Å². The molecule has 21 heavy (non-hydrogen) atoms. The van der Waals surface area contributed by atoms with E-state index in [1.165, 1.54) is 22.5 Å². The van der Waals surface area contributed by atoms with Gasteiger partial charge in [0.05, 0.1) is 28.5 Å². The minimum absolute atomic E-state index is 0.410. The van der Waals surface area contributed by atoms with E-state index in [4.69, 9.17) is 9.51 Å². The quantitative estimate of drug-likeness (QED) is 0.735. The lowest BCUT2D eigenvalue weighted by Gasteiger charge is -2.20. The largest absolute Gasteiger partial charge is 0.360 e. The molecule has 4 nitrogen and oxygen atoms in total. The van der Waals surface area contributed by atoms with Gasteiger partial charge >= 0.3 is 0 Å². The summed E-state index contributed by atoms with van der Waals surface area (Å²) in [5.74, 6) is 0.945. The molecule has 1 atom stereocenters. The highest BCUT2D eigenvalue weighted by Gasteiger charge is 2.29. The number of nitrogens with zero attached hydrogens (tertiary/aromatic N) is 3. The van der Waals surface area contributed by atoms with Crippen LogP contribution >= 0.6 is 11.3 Å². The van der Waals surface area contributed by atoms with Crippen LogP contribution in [0.3, 0.4) is 0 Å². The number of aromatic nitrogens is 2. The van der Waals surface area contributed by atoms with Gasteiger partial charge in [-0.2, -0.15) is 0 Å². The smallest absolute Gasteiger partial charge is 0.150 e. The van der Waals surface area contributed by atoms with Crippen molar-refractivity contribution in [3.05, 3.63) is 46.8 Å². The van der Waals surface area contributed by atoms with Crippen LogP contribution in [0.15, 0.2) is 34.9 Å². The topological polar surface area (TPSA) is 42.2 Å². The first-order valence-corrected chi connectivity index (χ1v) is 8.13. The fraction of sp³-hybridized carbons (Fsp3) is 0.375. The maximum atomic E-state index is 5.36. The monoisotopic (exact) mass is 299 g/mol. The third-order valence-corrected chi connectivity index (χ3v) is 5.13. The fourth-order valence-electron chi connectivity index (χ4n) is 3.02. The molecule has 5 heteroatoms. The van der Waals surface area contributed by atoms with Crippen molar-refractivity contribution >= 4 is 21.6 Å². The van der Waals surface area contributed by atoms with Crippen molar-refractivity contribution in [2.24, 2.45) is 0 Å². The highest BCUT2D eigenvalue weighted by Crippen LogP contribution is 2.37. The summed E-state index contributed by atoms with van der Waals surface area (Å²) >= 11 is 1.82. The summed E-state index contributed by atoms with van der Waals surface area (Å²) in [5.41, 5.74) is 2.06. The number of hydrogen-bond donors (Lipinski definition) is 0. The van der Waals surface area contributed by atoms with Crippen LogP contribution in [0, 0.1) is 6.92 Å². The summed E-state index contributed by atoms with van der Waals surface area (Å²) in [6.45, 7) is 3.88. The van der Waals surface area contributed by atoms with E-state index < -0.39 is 0 Å². The van der Waals surface area contributed by atoms with Crippen molar-refractivity contribution in [3.63, 3.8) is 0 Å². The Bertz CT molecular complexity index is 731. The average Bonchev–Trinajstić information content (AvgIpc) is 3.18. The molecule has 1 aromatic carbocycles. The highest BCUT2D eigenvalue weighted by atomic mass is 32.1. The van der Waals surface area contributed by atoms with Crippen LogP contribution < -0.4 is 0 Å². The van der Waals surface area contributed by atoms with E-state index in [0.29, 0.717) is 6.04 Å². The van der Waals surface area contributed by atoms with Crippen LogP contribution in [-0.2, 0) is 6.54 Å². The molecule has 0 spiro atoms. The van der Waals surface area contributed by atoms with Gasteiger partial charge in [0, 0.05) is 6.07 Å². The van der Waals surface area contributed by atoms with Crippen LogP contribution in [0.25, 0.3) is 10.2 Å². The van der Waals surface area contributed by atoms with Gasteiger partial charge in [-0.15, -0.1) is 11.3 Å². The maximum absolute atomic E-state index is 5.36. The highest BCUT2D eigenvalue weighted by molar-refractivity contribution is 7.18. The van der Waals surface area contributed by atoms with Gasteiger partial charge in [0.25, 0.3) is 0 Å². The Kier molecular flexibility index (Phi) is 3.24. The molecule has 0 radical (unpaired) electrons. The Labute approximate surface area is 127 Å². The third kappa shape index (κ3) is 2.47. The van der Waals surface area contributed by atoms with E-state index in [2.05, 4.69) is 34.3 Å². The molecule has 1 aliphatic rings. The summed E-state index contributed by atoms with van der Waals surface area (Å²) in [6.07, 6.45) is 2.39. The molecule has 0 amide bonds. The molecule has 1 unspecified atom stereocenters. The second kappa shape index (κ2) is 5.24. The zero-order chi connectivity index (χ0) is 14.2. The van der Waals surface area contributed by atoms with Gasteiger partial charge < -0.3 is 4.52 Å². The van der Waals surface area contributed by atoms with Crippen LogP contribution in [0.1, 0.15) is 35.3 Å². The van der Waals surface area contributed by atoms with E-state index in [-0.39, 0.29) is 0 Å². The zero-order valence-corrected chi connectivity index (χ0v) is 12.8. The summed E-state index contributed by atoms with van der Waals surface area (Å²) in [6, 6.07) is 10.8. The predicted molar refractivity (Wildman–Crippen MR) is 83.2 cm³/mol. The van der Waals surface area contributed by atoms with Gasteiger partial charge in [-0.25, -0.2) is 4.98 Å². The van der Waals surface area contributed by atoms with Gasteiger partial charge in [0.1, 0.15) is 5.01 Å². The Morgan fingerprint density at radius 1 is 1.38 bits per heavy atom. The normalized spacial score (nSPS) is 19.6. The molecule has 4 rings (SSSR count). The predicted octanol–water partition coefficient (Wildman–Crippen LogP) is 3.93. The number of aryl methyl sites for hydroxylation is 1. The second-order valence-electron chi connectivity index (χ2n) is 5.58. The first kappa shape index (κ1) is 13.0. The molecule has 108 valence electrons. The zero-order valence-electron chi connectivity index (χ0n) is 12.0. The van der Waals surface area contributed by atoms with E-state index in [0.717, 1.165) is 30.1 Å². The standard InChI is InChI=1S/C16H17N3OS/c1-11-9-12(20-18-11)10-19-8-4-6-14(19)16-17-13-5-2-3-7-15(13)21-16/h2-3,5,7,9,14H,4,6,8,10H2,1H3. The molecule has 2 aromatic heterocycles. The van der Waals surface area contributed by atoms with Crippen LogP contribution in [0.4, 0.5) is 0 Å². The molecule has 0 aliphatic carbocycles. The van der Waals surface area contributed by atoms with E-state index in [1.807, 2.05) is 24.3 Å². The fourth-order valence-corrected chi connectivity index (χ4v) is 4.16. The number of fused-ring (bicyclic) bond motifs is 1. The molecule has 0 N–H and O–H groups in total.